The number of halogens is 1. The number of aromatic amines is 1. The molecule has 3 rings (SSSR count). The van der Waals surface area contributed by atoms with Gasteiger partial charge in [-0.25, -0.2) is 0 Å². The standard InChI is InChI=1S/C19H20ClN5O2/c1-13-11-16(8-9-17(13)20)27-10-2-3-19(26)21-15-6-4-14(5-7-15)12-18-22-24-25-23-18/h4-9,11H,2-3,10,12H2,1H3,(H,21,26)(H,22,23,24,25). The number of benzene rings is 2. The number of nitrogens with one attached hydrogen (secondary N) is 2. The Hall–Kier alpha value is -2.93. The highest BCUT2D eigenvalue weighted by molar-refractivity contribution is 6.31. The number of amides is 1. The van der Waals surface area contributed by atoms with Crippen LogP contribution in [-0.4, -0.2) is 33.1 Å². The second-order valence-electron chi connectivity index (χ2n) is 6.11. The molecule has 1 heterocycles. The van der Waals surface area contributed by atoms with Crippen LogP contribution in [0.4, 0.5) is 5.69 Å². The van der Waals surface area contributed by atoms with Gasteiger partial charge in [0.15, 0.2) is 5.82 Å². The molecule has 27 heavy (non-hydrogen) atoms. The van der Waals surface area contributed by atoms with E-state index in [0.29, 0.717) is 36.7 Å². The Morgan fingerprint density at radius 3 is 2.74 bits per heavy atom. The fraction of sp³-hybridized carbons (Fsp3) is 0.263. The number of carbonyl (C=O) groups excluding carboxylic acids is 1. The van der Waals surface area contributed by atoms with Gasteiger partial charge in [0.1, 0.15) is 5.75 Å². The van der Waals surface area contributed by atoms with Crippen molar-refractivity contribution >= 4 is 23.2 Å². The van der Waals surface area contributed by atoms with Crippen LogP contribution in [0.2, 0.25) is 5.02 Å². The van der Waals surface area contributed by atoms with E-state index in [1.807, 2.05) is 43.3 Å². The summed E-state index contributed by atoms with van der Waals surface area (Å²) in [4.78, 5) is 12.0. The number of H-pyrrole nitrogens is 1. The van der Waals surface area contributed by atoms with E-state index >= 15 is 0 Å². The number of aryl methyl sites for hydroxylation is 1. The average molecular weight is 386 g/mol. The lowest BCUT2D eigenvalue weighted by Gasteiger charge is -2.08. The molecule has 1 amide bonds. The minimum Gasteiger partial charge on any atom is -0.494 e. The van der Waals surface area contributed by atoms with E-state index in [0.717, 1.165) is 22.6 Å². The van der Waals surface area contributed by atoms with Crippen LogP contribution in [0.3, 0.4) is 0 Å². The second-order valence-corrected chi connectivity index (χ2v) is 6.52. The average Bonchev–Trinajstić information content (AvgIpc) is 3.16. The highest BCUT2D eigenvalue weighted by Crippen LogP contribution is 2.21. The van der Waals surface area contributed by atoms with Gasteiger partial charge in [-0.2, -0.15) is 5.21 Å². The van der Waals surface area contributed by atoms with Crippen LogP contribution in [0.15, 0.2) is 42.5 Å². The summed E-state index contributed by atoms with van der Waals surface area (Å²) >= 11 is 5.99. The summed E-state index contributed by atoms with van der Waals surface area (Å²) in [5.41, 5.74) is 2.77. The normalized spacial score (nSPS) is 10.6. The molecule has 0 atom stereocenters. The summed E-state index contributed by atoms with van der Waals surface area (Å²) in [6.07, 6.45) is 1.60. The van der Waals surface area contributed by atoms with Gasteiger partial charge in [0.2, 0.25) is 5.91 Å². The van der Waals surface area contributed by atoms with E-state index in [1.54, 1.807) is 6.07 Å². The van der Waals surface area contributed by atoms with E-state index in [2.05, 4.69) is 25.9 Å². The summed E-state index contributed by atoms with van der Waals surface area (Å²) < 4.78 is 5.65. The zero-order chi connectivity index (χ0) is 19.1. The summed E-state index contributed by atoms with van der Waals surface area (Å²) in [5, 5.41) is 17.4. The maximum atomic E-state index is 12.0. The second kappa shape index (κ2) is 9.14. The third-order valence-electron chi connectivity index (χ3n) is 3.94. The van der Waals surface area contributed by atoms with Gasteiger partial charge in [-0.3, -0.25) is 4.79 Å². The molecule has 1 aromatic heterocycles. The number of hydrogen-bond donors (Lipinski definition) is 2. The first kappa shape index (κ1) is 18.8. The SMILES string of the molecule is Cc1cc(OCCCC(=O)Nc2ccc(Cc3nn[nH]n3)cc2)ccc1Cl. The van der Waals surface area contributed by atoms with Gasteiger partial charge in [0, 0.05) is 23.6 Å². The first-order valence-electron chi connectivity index (χ1n) is 8.60. The Bertz CT molecular complexity index is 882. The lowest BCUT2D eigenvalue weighted by atomic mass is 10.1. The molecule has 0 bridgehead atoms. The number of rotatable bonds is 8. The van der Waals surface area contributed by atoms with Crippen molar-refractivity contribution in [1.29, 1.82) is 0 Å². The Labute approximate surface area is 162 Å². The Morgan fingerprint density at radius 2 is 2.04 bits per heavy atom. The summed E-state index contributed by atoms with van der Waals surface area (Å²) in [7, 11) is 0. The molecule has 0 spiro atoms. The number of hydrogen-bond acceptors (Lipinski definition) is 5. The molecule has 3 aromatic rings. The lowest BCUT2D eigenvalue weighted by molar-refractivity contribution is -0.116. The number of tetrazole rings is 1. The highest BCUT2D eigenvalue weighted by atomic mass is 35.5. The summed E-state index contributed by atoms with van der Waals surface area (Å²) in [6, 6.07) is 13.1. The van der Waals surface area contributed by atoms with E-state index in [9.17, 15) is 4.79 Å². The molecule has 0 radical (unpaired) electrons. The quantitative estimate of drug-likeness (QED) is 0.578. The molecule has 0 aliphatic heterocycles. The lowest BCUT2D eigenvalue weighted by Crippen LogP contribution is -2.12. The minimum absolute atomic E-state index is 0.0446. The van der Waals surface area contributed by atoms with Gasteiger partial charge in [0.05, 0.1) is 6.61 Å². The van der Waals surface area contributed by atoms with Gasteiger partial charge in [0.25, 0.3) is 0 Å². The van der Waals surface area contributed by atoms with Gasteiger partial charge in [-0.15, -0.1) is 10.2 Å². The molecular formula is C19H20ClN5O2. The van der Waals surface area contributed by atoms with Crippen LogP contribution in [0.5, 0.6) is 5.75 Å². The van der Waals surface area contributed by atoms with Crippen LogP contribution in [-0.2, 0) is 11.2 Å². The molecule has 0 saturated carbocycles. The van der Waals surface area contributed by atoms with Crippen molar-refractivity contribution in [3.05, 3.63) is 64.4 Å². The van der Waals surface area contributed by atoms with Crippen molar-refractivity contribution in [1.82, 2.24) is 20.6 Å². The maximum Gasteiger partial charge on any atom is 0.224 e. The van der Waals surface area contributed by atoms with Crippen molar-refractivity contribution in [2.45, 2.75) is 26.2 Å². The molecule has 7 nitrogen and oxygen atoms in total. The van der Waals surface area contributed by atoms with Crippen molar-refractivity contribution < 1.29 is 9.53 Å². The molecule has 8 heteroatoms. The number of ether oxygens (including phenoxy) is 1. The molecule has 140 valence electrons. The van der Waals surface area contributed by atoms with Gasteiger partial charge in [-0.1, -0.05) is 28.9 Å². The van der Waals surface area contributed by atoms with Crippen LogP contribution < -0.4 is 10.1 Å². The predicted octanol–water partition coefficient (Wildman–Crippen LogP) is 3.55. The number of anilines is 1. The van der Waals surface area contributed by atoms with Gasteiger partial charge >= 0.3 is 0 Å². The Kier molecular flexibility index (Phi) is 6.38. The number of carbonyl (C=O) groups is 1. The molecule has 0 fully saturated rings. The predicted molar refractivity (Wildman–Crippen MR) is 103 cm³/mol. The number of aromatic nitrogens is 4. The van der Waals surface area contributed by atoms with Crippen LogP contribution >= 0.6 is 11.6 Å². The van der Waals surface area contributed by atoms with Crippen LogP contribution in [0, 0.1) is 6.92 Å². The Balaban J connectivity index is 1.39. The first-order chi connectivity index (χ1) is 13.1. The molecule has 0 aliphatic rings. The zero-order valence-corrected chi connectivity index (χ0v) is 15.7. The van der Waals surface area contributed by atoms with Crippen molar-refractivity contribution in [3.8, 4) is 5.75 Å². The third-order valence-corrected chi connectivity index (χ3v) is 4.36. The topological polar surface area (TPSA) is 92.8 Å². The van der Waals surface area contributed by atoms with E-state index < -0.39 is 0 Å². The summed E-state index contributed by atoms with van der Waals surface area (Å²) in [6.45, 7) is 2.40. The molecule has 2 aromatic carbocycles. The van der Waals surface area contributed by atoms with Crippen LogP contribution in [0.25, 0.3) is 0 Å². The number of nitrogens with zero attached hydrogens (tertiary/aromatic N) is 3. The smallest absolute Gasteiger partial charge is 0.224 e. The van der Waals surface area contributed by atoms with Crippen molar-refractivity contribution in [2.75, 3.05) is 11.9 Å². The van der Waals surface area contributed by atoms with Crippen molar-refractivity contribution in [3.63, 3.8) is 0 Å². The van der Waals surface area contributed by atoms with E-state index in [-0.39, 0.29) is 5.91 Å². The fourth-order valence-corrected chi connectivity index (χ4v) is 2.62. The largest absolute Gasteiger partial charge is 0.494 e. The van der Waals surface area contributed by atoms with E-state index in [4.69, 9.17) is 16.3 Å². The minimum atomic E-state index is -0.0446. The van der Waals surface area contributed by atoms with Crippen LogP contribution in [0.1, 0.15) is 29.8 Å². The Morgan fingerprint density at radius 1 is 1.22 bits per heavy atom. The highest BCUT2D eigenvalue weighted by Gasteiger charge is 2.05. The maximum absolute atomic E-state index is 12.0. The molecule has 0 unspecified atom stereocenters. The zero-order valence-electron chi connectivity index (χ0n) is 14.9. The fourth-order valence-electron chi connectivity index (χ4n) is 2.50. The van der Waals surface area contributed by atoms with Crippen molar-refractivity contribution in [2.24, 2.45) is 0 Å². The van der Waals surface area contributed by atoms with Gasteiger partial charge < -0.3 is 10.1 Å². The van der Waals surface area contributed by atoms with E-state index in [1.165, 1.54) is 0 Å². The van der Waals surface area contributed by atoms with Gasteiger partial charge in [-0.05, 0) is 54.8 Å². The first-order valence-corrected chi connectivity index (χ1v) is 8.98. The summed E-state index contributed by atoms with van der Waals surface area (Å²) in [5.74, 6) is 1.34. The molecule has 2 N–H and O–H groups in total. The third kappa shape index (κ3) is 5.79. The monoisotopic (exact) mass is 385 g/mol. The molecular weight excluding hydrogens is 366 g/mol. The molecule has 0 aliphatic carbocycles. The molecule has 0 saturated heterocycles.